The van der Waals surface area contributed by atoms with E-state index >= 15 is 0 Å². The van der Waals surface area contributed by atoms with Crippen molar-refractivity contribution in [3.8, 4) is 0 Å². The monoisotopic (exact) mass is 485 g/mol. The van der Waals surface area contributed by atoms with Crippen LogP contribution in [0.25, 0.3) is 0 Å². The van der Waals surface area contributed by atoms with Crippen LogP contribution in [0.5, 0.6) is 0 Å². The standard InChI is InChI=1S/C18H24N5O9P/c1-3-5-10(24)20-18-21-15-12(16(26)22-18)19-8-23(15)17-14(31-11(25)6-4-2)13-9(30-17)7-29-33(27,28)32-13/h8-9,12-14,17H,3-7H2,1-2H3,(H,27,28)(H,20,22,24,26)/t9-,12?,13-,14-,17-/m1/s1. The van der Waals surface area contributed by atoms with Gasteiger partial charge in [0.2, 0.25) is 11.9 Å². The van der Waals surface area contributed by atoms with Gasteiger partial charge in [-0.25, -0.2) is 4.57 Å². The number of phosphoric ester groups is 1. The van der Waals surface area contributed by atoms with Crippen LogP contribution in [-0.2, 0) is 37.5 Å². The number of hydrogen-bond acceptors (Lipinski definition) is 11. The van der Waals surface area contributed by atoms with Crippen LogP contribution in [-0.4, -0.2) is 82.9 Å². The number of guanidine groups is 1. The quantitative estimate of drug-likeness (QED) is 0.380. The van der Waals surface area contributed by atoms with Crippen LogP contribution in [0.4, 0.5) is 0 Å². The number of esters is 1. The maximum Gasteiger partial charge on any atom is 0.472 e. The average Bonchev–Trinajstić information content (AvgIpc) is 3.29. The van der Waals surface area contributed by atoms with Gasteiger partial charge in [0.05, 0.1) is 12.9 Å². The van der Waals surface area contributed by atoms with Gasteiger partial charge in [0.25, 0.3) is 5.91 Å². The van der Waals surface area contributed by atoms with Gasteiger partial charge >= 0.3 is 13.8 Å². The Hall–Kier alpha value is -2.51. The highest BCUT2D eigenvalue weighted by atomic mass is 31.2. The molecule has 14 nitrogen and oxygen atoms in total. The highest BCUT2D eigenvalue weighted by Crippen LogP contribution is 2.52. The first-order chi connectivity index (χ1) is 15.7. The van der Waals surface area contributed by atoms with Crippen LogP contribution >= 0.6 is 7.82 Å². The summed E-state index contributed by atoms with van der Waals surface area (Å²) in [5, 5.41) is 2.47. The van der Waals surface area contributed by atoms with Gasteiger partial charge in [-0.15, -0.1) is 0 Å². The molecule has 6 atom stereocenters. The SMILES string of the molecule is CCCC(=O)NC1=NC(=O)C2N=CN([C@@H]3O[C@@H]4COP(=O)(O)O[C@H]4[C@H]3OC(=O)CCC)C2=N1. The predicted octanol–water partition coefficient (Wildman–Crippen LogP) is -0.137. The summed E-state index contributed by atoms with van der Waals surface area (Å²) in [6.07, 6.45) is -1.38. The summed E-state index contributed by atoms with van der Waals surface area (Å²) < 4.78 is 33.4. The lowest BCUT2D eigenvalue weighted by atomic mass is 10.1. The summed E-state index contributed by atoms with van der Waals surface area (Å²) in [6.45, 7) is 3.36. The van der Waals surface area contributed by atoms with E-state index < -0.39 is 50.3 Å². The van der Waals surface area contributed by atoms with Gasteiger partial charge in [-0.3, -0.25) is 38.6 Å². The van der Waals surface area contributed by atoms with Crippen LogP contribution in [0, 0.1) is 0 Å². The Morgan fingerprint density at radius 2 is 2.06 bits per heavy atom. The Bertz CT molecular complexity index is 982. The summed E-state index contributed by atoms with van der Waals surface area (Å²) in [5.41, 5.74) is 0. The number of rotatable bonds is 6. The predicted molar refractivity (Wildman–Crippen MR) is 111 cm³/mol. The normalized spacial score (nSPS) is 34.9. The number of aliphatic imine (C=N–C) groups is 3. The minimum atomic E-state index is -4.36. The molecule has 33 heavy (non-hydrogen) atoms. The molecule has 180 valence electrons. The molecule has 0 aromatic rings. The van der Waals surface area contributed by atoms with E-state index in [9.17, 15) is 23.8 Å². The number of carbonyl (C=O) groups is 3. The first kappa shape index (κ1) is 23.6. The van der Waals surface area contributed by atoms with Gasteiger partial charge in [0, 0.05) is 12.8 Å². The topological polar surface area (TPSA) is 178 Å². The van der Waals surface area contributed by atoms with E-state index in [2.05, 4.69) is 20.3 Å². The largest absolute Gasteiger partial charge is 0.472 e. The summed E-state index contributed by atoms with van der Waals surface area (Å²) in [5.74, 6) is -1.62. The van der Waals surface area contributed by atoms with Crippen molar-refractivity contribution in [2.24, 2.45) is 15.0 Å². The number of hydrogen-bond donors (Lipinski definition) is 2. The zero-order valence-electron chi connectivity index (χ0n) is 17.9. The van der Waals surface area contributed by atoms with Crippen molar-refractivity contribution in [3.63, 3.8) is 0 Å². The second kappa shape index (κ2) is 9.39. The summed E-state index contributed by atoms with van der Waals surface area (Å²) >= 11 is 0. The second-order valence-corrected chi connectivity index (χ2v) is 9.13. The van der Waals surface area contributed by atoms with Crippen molar-refractivity contribution in [2.45, 2.75) is 70.1 Å². The van der Waals surface area contributed by atoms with Crippen molar-refractivity contribution in [2.75, 3.05) is 6.61 Å². The average molecular weight is 485 g/mol. The van der Waals surface area contributed by atoms with E-state index in [0.29, 0.717) is 12.8 Å². The molecule has 0 aromatic carbocycles. The molecule has 0 aromatic heterocycles. The highest BCUT2D eigenvalue weighted by Gasteiger charge is 2.57. The molecule has 2 N–H and O–H groups in total. The number of nitrogens with zero attached hydrogens (tertiary/aromatic N) is 4. The molecule has 0 bridgehead atoms. The number of fused-ring (bicyclic) bond motifs is 2. The number of phosphoric acid groups is 1. The third-order valence-electron chi connectivity index (χ3n) is 5.19. The van der Waals surface area contributed by atoms with E-state index in [1.165, 1.54) is 11.2 Å². The van der Waals surface area contributed by atoms with Crippen molar-refractivity contribution >= 4 is 43.7 Å². The van der Waals surface area contributed by atoms with Crippen molar-refractivity contribution < 1.29 is 42.4 Å². The van der Waals surface area contributed by atoms with E-state index in [1.54, 1.807) is 6.92 Å². The van der Waals surface area contributed by atoms with Crippen LogP contribution in [0.1, 0.15) is 39.5 Å². The molecular formula is C18H24N5O9P. The first-order valence-corrected chi connectivity index (χ1v) is 12.0. The summed E-state index contributed by atoms with van der Waals surface area (Å²) in [6, 6.07) is -1.06. The van der Waals surface area contributed by atoms with Gasteiger partial charge in [0.1, 0.15) is 12.2 Å². The lowest BCUT2D eigenvalue weighted by Gasteiger charge is -2.31. The molecule has 2 fully saturated rings. The van der Waals surface area contributed by atoms with Gasteiger partial charge in [-0.1, -0.05) is 13.8 Å². The van der Waals surface area contributed by atoms with Crippen molar-refractivity contribution in [3.05, 3.63) is 0 Å². The van der Waals surface area contributed by atoms with E-state index in [0.717, 1.165) is 0 Å². The molecule has 2 saturated heterocycles. The molecule has 2 unspecified atom stereocenters. The van der Waals surface area contributed by atoms with Gasteiger partial charge < -0.3 is 14.4 Å². The molecule has 0 aliphatic carbocycles. The maximum absolute atomic E-state index is 12.5. The van der Waals surface area contributed by atoms with E-state index in [4.69, 9.17) is 18.5 Å². The Morgan fingerprint density at radius 1 is 1.30 bits per heavy atom. The first-order valence-electron chi connectivity index (χ1n) is 10.6. The number of carbonyl (C=O) groups excluding carboxylic acids is 3. The van der Waals surface area contributed by atoms with Crippen LogP contribution in [0.2, 0.25) is 0 Å². The third kappa shape index (κ3) is 4.89. The van der Waals surface area contributed by atoms with Gasteiger partial charge in [-0.05, 0) is 12.8 Å². The fourth-order valence-corrected chi connectivity index (χ4v) is 4.71. The number of nitrogens with one attached hydrogen (secondary N) is 1. The molecule has 0 spiro atoms. The zero-order chi connectivity index (χ0) is 23.8. The molecule has 4 aliphatic rings. The lowest BCUT2D eigenvalue weighted by Crippen LogP contribution is -2.51. The van der Waals surface area contributed by atoms with E-state index in [1.807, 2.05) is 6.92 Å². The Kier molecular flexibility index (Phi) is 6.73. The molecule has 4 heterocycles. The number of ether oxygens (including phenoxy) is 2. The molecule has 4 rings (SSSR count). The van der Waals surface area contributed by atoms with E-state index in [-0.39, 0.29) is 37.2 Å². The molecular weight excluding hydrogens is 461 g/mol. The number of amides is 2. The Labute approximate surface area is 188 Å². The van der Waals surface area contributed by atoms with Crippen LogP contribution in [0.3, 0.4) is 0 Å². The molecule has 4 aliphatic heterocycles. The minimum Gasteiger partial charge on any atom is -0.455 e. The van der Waals surface area contributed by atoms with Gasteiger partial charge in [-0.2, -0.15) is 9.98 Å². The maximum atomic E-state index is 12.5. The summed E-state index contributed by atoms with van der Waals surface area (Å²) in [7, 11) is -4.36. The van der Waals surface area contributed by atoms with Crippen LogP contribution < -0.4 is 5.32 Å². The van der Waals surface area contributed by atoms with Crippen molar-refractivity contribution in [1.29, 1.82) is 0 Å². The zero-order valence-corrected chi connectivity index (χ0v) is 18.8. The fourth-order valence-electron chi connectivity index (χ4n) is 3.75. The molecule has 15 heteroatoms. The third-order valence-corrected chi connectivity index (χ3v) is 6.17. The van der Waals surface area contributed by atoms with Crippen molar-refractivity contribution in [1.82, 2.24) is 10.2 Å². The fraction of sp³-hybridized carbons (Fsp3) is 0.667. The Balaban J connectivity index is 1.61. The van der Waals surface area contributed by atoms with Gasteiger partial charge in [0.15, 0.2) is 24.2 Å². The second-order valence-electron chi connectivity index (χ2n) is 7.72. The van der Waals surface area contributed by atoms with Crippen LogP contribution in [0.15, 0.2) is 15.0 Å². The number of amidine groups is 1. The lowest BCUT2D eigenvalue weighted by molar-refractivity contribution is -0.158. The molecule has 0 radical (unpaired) electrons. The molecule has 0 saturated carbocycles. The highest BCUT2D eigenvalue weighted by molar-refractivity contribution is 7.47. The Morgan fingerprint density at radius 3 is 2.79 bits per heavy atom. The smallest absolute Gasteiger partial charge is 0.455 e. The summed E-state index contributed by atoms with van der Waals surface area (Å²) in [4.78, 5) is 59.9. The molecule has 2 amide bonds. The minimum absolute atomic E-state index is 0.107.